The standard InChI is InChI=1S/C19H32O3/c1-3-4-5-13(2)8-16(21)6-7-17-18-10-14(12-20)9-15(18)11-19(17)22/h6-7,9,13,15-22H,3-5,8,10-12H2,1-2H3/b7-6+/t13-,15-,16+,17+,18-,19+/m0/s1. The molecule has 6 atom stereocenters. The lowest BCUT2D eigenvalue weighted by Crippen LogP contribution is -2.18. The number of aliphatic hydroxyl groups is 3. The lowest BCUT2D eigenvalue weighted by atomic mass is 9.88. The first kappa shape index (κ1) is 17.7. The third-order valence-electron chi connectivity index (χ3n) is 5.40. The van der Waals surface area contributed by atoms with Crippen molar-refractivity contribution < 1.29 is 15.3 Å². The second-order valence-electron chi connectivity index (χ2n) is 7.33. The maximum atomic E-state index is 10.2. The van der Waals surface area contributed by atoms with Crippen LogP contribution in [0.5, 0.6) is 0 Å². The van der Waals surface area contributed by atoms with E-state index < -0.39 is 6.10 Å². The van der Waals surface area contributed by atoms with E-state index in [0.717, 1.165) is 24.8 Å². The normalized spacial score (nSPS) is 34.0. The summed E-state index contributed by atoms with van der Waals surface area (Å²) in [6.07, 6.45) is 11.4. The maximum Gasteiger partial charge on any atom is 0.0723 e. The predicted octanol–water partition coefficient (Wildman–Crippen LogP) is 3.06. The molecule has 0 aromatic carbocycles. The van der Waals surface area contributed by atoms with E-state index in [1.807, 2.05) is 12.2 Å². The molecule has 0 heterocycles. The Bertz CT molecular complexity index is 401. The van der Waals surface area contributed by atoms with E-state index in [0.29, 0.717) is 17.8 Å². The third-order valence-corrected chi connectivity index (χ3v) is 5.40. The molecule has 0 spiro atoms. The molecule has 2 aliphatic carbocycles. The maximum absolute atomic E-state index is 10.2. The molecule has 22 heavy (non-hydrogen) atoms. The van der Waals surface area contributed by atoms with E-state index in [4.69, 9.17) is 0 Å². The molecule has 3 nitrogen and oxygen atoms in total. The average Bonchev–Trinajstić information content (AvgIpc) is 2.99. The monoisotopic (exact) mass is 308 g/mol. The molecular formula is C19H32O3. The van der Waals surface area contributed by atoms with Gasteiger partial charge in [-0.25, -0.2) is 0 Å². The van der Waals surface area contributed by atoms with Gasteiger partial charge in [-0.05, 0) is 42.6 Å². The minimum absolute atomic E-state index is 0.117. The van der Waals surface area contributed by atoms with Gasteiger partial charge in [0.15, 0.2) is 0 Å². The lowest BCUT2D eigenvalue weighted by Gasteiger charge is -2.19. The van der Waals surface area contributed by atoms with Gasteiger partial charge in [0.05, 0.1) is 18.8 Å². The van der Waals surface area contributed by atoms with Crippen LogP contribution in [0.2, 0.25) is 0 Å². The molecular weight excluding hydrogens is 276 g/mol. The second-order valence-corrected chi connectivity index (χ2v) is 7.33. The molecule has 0 unspecified atom stereocenters. The van der Waals surface area contributed by atoms with E-state index >= 15 is 0 Å². The van der Waals surface area contributed by atoms with Crippen LogP contribution in [0, 0.1) is 23.7 Å². The van der Waals surface area contributed by atoms with Gasteiger partial charge in [-0.15, -0.1) is 0 Å². The molecule has 0 aromatic heterocycles. The highest BCUT2D eigenvalue weighted by Crippen LogP contribution is 2.47. The number of rotatable bonds is 8. The van der Waals surface area contributed by atoms with Crippen molar-refractivity contribution in [2.75, 3.05) is 6.61 Å². The molecule has 126 valence electrons. The predicted molar refractivity (Wildman–Crippen MR) is 89.3 cm³/mol. The molecule has 2 aliphatic rings. The highest BCUT2D eigenvalue weighted by molar-refractivity contribution is 5.21. The molecule has 0 aliphatic heterocycles. The van der Waals surface area contributed by atoms with Crippen molar-refractivity contribution in [2.45, 2.75) is 64.6 Å². The zero-order valence-electron chi connectivity index (χ0n) is 14.0. The van der Waals surface area contributed by atoms with Crippen molar-refractivity contribution in [1.29, 1.82) is 0 Å². The zero-order chi connectivity index (χ0) is 16.1. The van der Waals surface area contributed by atoms with Crippen molar-refractivity contribution in [3.05, 3.63) is 23.8 Å². The smallest absolute Gasteiger partial charge is 0.0723 e. The highest BCUT2D eigenvalue weighted by atomic mass is 16.3. The first-order valence-electron chi connectivity index (χ1n) is 8.90. The second kappa shape index (κ2) is 8.28. The first-order valence-corrected chi connectivity index (χ1v) is 8.90. The number of hydrogen-bond donors (Lipinski definition) is 3. The topological polar surface area (TPSA) is 60.7 Å². The minimum Gasteiger partial charge on any atom is -0.392 e. The van der Waals surface area contributed by atoms with E-state index in [-0.39, 0.29) is 18.6 Å². The fourth-order valence-electron chi connectivity index (χ4n) is 4.14. The molecule has 2 rings (SSSR count). The third kappa shape index (κ3) is 4.43. The Morgan fingerprint density at radius 1 is 1.41 bits per heavy atom. The number of hydrogen-bond acceptors (Lipinski definition) is 3. The molecule has 0 radical (unpaired) electrons. The van der Waals surface area contributed by atoms with Gasteiger partial charge in [0.2, 0.25) is 0 Å². The van der Waals surface area contributed by atoms with Crippen LogP contribution < -0.4 is 0 Å². The Morgan fingerprint density at radius 3 is 2.86 bits per heavy atom. The Morgan fingerprint density at radius 2 is 2.18 bits per heavy atom. The summed E-state index contributed by atoms with van der Waals surface area (Å²) >= 11 is 0. The minimum atomic E-state index is -0.412. The molecule has 0 aromatic rings. The summed E-state index contributed by atoms with van der Waals surface area (Å²) in [4.78, 5) is 0. The Labute approximate surface area is 134 Å². The zero-order valence-corrected chi connectivity index (χ0v) is 14.0. The summed E-state index contributed by atoms with van der Waals surface area (Å²) in [6.45, 7) is 4.52. The van der Waals surface area contributed by atoms with Crippen LogP contribution in [0.25, 0.3) is 0 Å². The Balaban J connectivity index is 1.84. The van der Waals surface area contributed by atoms with Crippen LogP contribution in [-0.4, -0.2) is 34.1 Å². The molecule has 0 saturated heterocycles. The highest BCUT2D eigenvalue weighted by Gasteiger charge is 2.43. The van der Waals surface area contributed by atoms with E-state index in [9.17, 15) is 15.3 Å². The van der Waals surface area contributed by atoms with Crippen LogP contribution in [0.15, 0.2) is 23.8 Å². The fourth-order valence-corrected chi connectivity index (χ4v) is 4.14. The molecule has 3 N–H and O–H groups in total. The summed E-state index contributed by atoms with van der Waals surface area (Å²) in [7, 11) is 0. The average molecular weight is 308 g/mol. The van der Waals surface area contributed by atoms with E-state index in [1.54, 1.807) is 0 Å². The van der Waals surface area contributed by atoms with E-state index in [1.165, 1.54) is 19.3 Å². The summed E-state index contributed by atoms with van der Waals surface area (Å²) in [6, 6.07) is 0. The Hall–Kier alpha value is -0.640. The van der Waals surface area contributed by atoms with Gasteiger partial charge >= 0.3 is 0 Å². The molecule has 3 heteroatoms. The lowest BCUT2D eigenvalue weighted by molar-refractivity contribution is 0.138. The molecule has 1 fully saturated rings. The summed E-state index contributed by atoms with van der Waals surface area (Å²) in [5.41, 5.74) is 1.11. The van der Waals surface area contributed by atoms with Crippen LogP contribution in [0.3, 0.4) is 0 Å². The van der Waals surface area contributed by atoms with Crippen LogP contribution >= 0.6 is 0 Å². The van der Waals surface area contributed by atoms with Gasteiger partial charge in [0.1, 0.15) is 0 Å². The van der Waals surface area contributed by atoms with Crippen LogP contribution in [0.1, 0.15) is 52.4 Å². The summed E-state index contributed by atoms with van der Waals surface area (Å²) in [5.74, 6) is 1.45. The number of aliphatic hydroxyl groups excluding tert-OH is 3. The molecule has 0 bridgehead atoms. The quantitative estimate of drug-likeness (QED) is 0.604. The fraction of sp³-hybridized carbons (Fsp3) is 0.789. The Kier molecular flexibility index (Phi) is 6.66. The van der Waals surface area contributed by atoms with E-state index in [2.05, 4.69) is 19.9 Å². The van der Waals surface area contributed by atoms with Gasteiger partial charge in [0.25, 0.3) is 0 Å². The van der Waals surface area contributed by atoms with Crippen LogP contribution in [-0.2, 0) is 0 Å². The van der Waals surface area contributed by atoms with Crippen molar-refractivity contribution in [3.63, 3.8) is 0 Å². The summed E-state index contributed by atoms with van der Waals surface area (Å²) in [5, 5.41) is 29.7. The first-order chi connectivity index (χ1) is 10.5. The van der Waals surface area contributed by atoms with Gasteiger partial charge < -0.3 is 15.3 Å². The largest absolute Gasteiger partial charge is 0.392 e. The van der Waals surface area contributed by atoms with Crippen LogP contribution in [0.4, 0.5) is 0 Å². The molecule has 1 saturated carbocycles. The number of fused-ring (bicyclic) bond motifs is 1. The molecule has 0 amide bonds. The van der Waals surface area contributed by atoms with Crippen molar-refractivity contribution >= 4 is 0 Å². The van der Waals surface area contributed by atoms with Crippen molar-refractivity contribution in [1.82, 2.24) is 0 Å². The van der Waals surface area contributed by atoms with Gasteiger partial charge in [-0.3, -0.25) is 0 Å². The van der Waals surface area contributed by atoms with Crippen molar-refractivity contribution in [3.8, 4) is 0 Å². The SMILES string of the molecule is CCCC[C@H](C)C[C@H](O)/C=C/[C@@H]1[C@H]2CC(CO)=C[C@H]2C[C@H]1O. The number of allylic oxidation sites excluding steroid dienone is 1. The number of unbranched alkanes of at least 4 members (excludes halogenated alkanes) is 1. The summed E-state index contributed by atoms with van der Waals surface area (Å²) < 4.78 is 0. The van der Waals surface area contributed by atoms with Gasteiger partial charge in [0, 0.05) is 5.92 Å². The van der Waals surface area contributed by atoms with Gasteiger partial charge in [-0.2, -0.15) is 0 Å². The van der Waals surface area contributed by atoms with Gasteiger partial charge in [-0.1, -0.05) is 51.3 Å². The van der Waals surface area contributed by atoms with Crippen molar-refractivity contribution in [2.24, 2.45) is 23.7 Å².